The Balaban J connectivity index is 1.73. The highest BCUT2D eigenvalue weighted by Gasteiger charge is 2.40. The lowest BCUT2D eigenvalue weighted by Crippen LogP contribution is -2.28. The summed E-state index contributed by atoms with van der Waals surface area (Å²) >= 11 is 3.32. The van der Waals surface area contributed by atoms with Gasteiger partial charge in [-0.05, 0) is 35.7 Å². The molecule has 1 N–H and O–H groups in total. The average Bonchev–Trinajstić information content (AvgIpc) is 3.42. The molecule has 2 aromatic heterocycles. The zero-order valence-corrected chi connectivity index (χ0v) is 16.4. The topological polar surface area (TPSA) is 59.8 Å². The molecule has 0 atom stereocenters. The molecular weight excluding hydrogens is 437 g/mol. The van der Waals surface area contributed by atoms with Gasteiger partial charge in [-0.3, -0.25) is 4.79 Å². The molecular formula is C19H16BrF3N4O. The smallest absolute Gasteiger partial charge is 0.267 e. The van der Waals surface area contributed by atoms with Gasteiger partial charge in [-0.25, -0.2) is 23.1 Å². The summed E-state index contributed by atoms with van der Waals surface area (Å²) in [6.45, 7) is 1.96. The van der Waals surface area contributed by atoms with Crippen molar-refractivity contribution < 1.29 is 13.2 Å². The van der Waals surface area contributed by atoms with Crippen LogP contribution in [0, 0.1) is 5.82 Å². The number of rotatable bonds is 5. The molecule has 1 fully saturated rings. The molecule has 0 bridgehead atoms. The van der Waals surface area contributed by atoms with Crippen molar-refractivity contribution in [3.05, 3.63) is 62.5 Å². The molecule has 1 saturated carbocycles. The van der Waals surface area contributed by atoms with Gasteiger partial charge in [0.15, 0.2) is 0 Å². The van der Waals surface area contributed by atoms with E-state index in [4.69, 9.17) is 0 Å². The molecule has 146 valence electrons. The fourth-order valence-electron chi connectivity index (χ4n) is 3.13. The molecule has 0 saturated heterocycles. The van der Waals surface area contributed by atoms with Crippen molar-refractivity contribution in [2.24, 2.45) is 0 Å². The maximum atomic E-state index is 14.3. The van der Waals surface area contributed by atoms with Gasteiger partial charge in [-0.15, -0.1) is 0 Å². The highest BCUT2D eigenvalue weighted by atomic mass is 79.9. The summed E-state index contributed by atoms with van der Waals surface area (Å²) in [5.41, 5.74) is -0.507. The highest BCUT2D eigenvalue weighted by molar-refractivity contribution is 9.10. The van der Waals surface area contributed by atoms with Crippen LogP contribution in [0.4, 0.5) is 19.0 Å². The van der Waals surface area contributed by atoms with E-state index >= 15 is 0 Å². The molecule has 9 heteroatoms. The number of pyridine rings is 1. The van der Waals surface area contributed by atoms with Crippen LogP contribution in [0.1, 0.15) is 37.3 Å². The molecule has 28 heavy (non-hydrogen) atoms. The van der Waals surface area contributed by atoms with Gasteiger partial charge in [0.25, 0.3) is 12.0 Å². The Morgan fingerprint density at radius 3 is 2.75 bits per heavy atom. The second-order valence-electron chi connectivity index (χ2n) is 7.07. The van der Waals surface area contributed by atoms with Gasteiger partial charge in [-0.1, -0.05) is 18.2 Å². The molecule has 4 rings (SSSR count). The number of nitrogens with one attached hydrogen (secondary N) is 1. The Labute approximate surface area is 166 Å². The summed E-state index contributed by atoms with van der Waals surface area (Å²) in [5, 5.41) is 3.57. The van der Waals surface area contributed by atoms with Gasteiger partial charge in [0, 0.05) is 23.8 Å². The van der Waals surface area contributed by atoms with E-state index in [2.05, 4.69) is 31.2 Å². The minimum atomic E-state index is -2.88. The number of hydrogen-bond acceptors (Lipinski definition) is 4. The third kappa shape index (κ3) is 3.17. The molecule has 1 aliphatic carbocycles. The Morgan fingerprint density at radius 1 is 1.32 bits per heavy atom. The Bertz CT molecular complexity index is 1130. The number of aromatic nitrogens is 3. The first kappa shape index (κ1) is 18.9. The Kier molecular flexibility index (Phi) is 4.65. The van der Waals surface area contributed by atoms with Crippen LogP contribution < -0.4 is 10.9 Å². The van der Waals surface area contributed by atoms with Crippen LogP contribution in [0.3, 0.4) is 0 Å². The number of nitrogens with zero attached hydrogens (tertiary/aromatic N) is 3. The molecule has 2 heterocycles. The first-order chi connectivity index (χ1) is 13.3. The molecule has 0 unspecified atom stereocenters. The molecule has 1 aliphatic rings. The monoisotopic (exact) mass is 452 g/mol. The summed E-state index contributed by atoms with van der Waals surface area (Å²) in [4.78, 5) is 21.0. The predicted molar refractivity (Wildman–Crippen MR) is 103 cm³/mol. The largest absolute Gasteiger partial charge is 0.365 e. The van der Waals surface area contributed by atoms with Crippen molar-refractivity contribution in [1.82, 2.24) is 14.5 Å². The van der Waals surface area contributed by atoms with E-state index in [1.165, 1.54) is 18.5 Å². The maximum absolute atomic E-state index is 14.3. The summed E-state index contributed by atoms with van der Waals surface area (Å²) < 4.78 is 42.1. The van der Waals surface area contributed by atoms with Gasteiger partial charge < -0.3 is 9.88 Å². The summed E-state index contributed by atoms with van der Waals surface area (Å²) in [6, 6.07) is 3.90. The Hall–Kier alpha value is -2.42. The third-order valence-electron chi connectivity index (χ3n) is 5.10. The summed E-state index contributed by atoms with van der Waals surface area (Å²) in [7, 11) is 0. The quantitative estimate of drug-likeness (QED) is 0.606. The van der Waals surface area contributed by atoms with Crippen molar-refractivity contribution in [3.8, 4) is 0 Å². The fraction of sp³-hybridized carbons (Fsp3) is 0.316. The second kappa shape index (κ2) is 6.88. The Morgan fingerprint density at radius 2 is 2.07 bits per heavy atom. The normalized spacial score (nSPS) is 15.2. The summed E-state index contributed by atoms with van der Waals surface area (Å²) in [6.07, 6.45) is 1.90. The van der Waals surface area contributed by atoms with Crippen molar-refractivity contribution >= 4 is 32.7 Å². The van der Waals surface area contributed by atoms with Crippen LogP contribution in [0.15, 0.2) is 40.0 Å². The van der Waals surface area contributed by atoms with Crippen molar-refractivity contribution in [2.75, 3.05) is 5.32 Å². The van der Waals surface area contributed by atoms with E-state index in [-0.39, 0.29) is 23.2 Å². The van der Waals surface area contributed by atoms with E-state index in [0.717, 1.165) is 18.9 Å². The zero-order chi connectivity index (χ0) is 20.1. The van der Waals surface area contributed by atoms with Gasteiger partial charge in [0.05, 0.1) is 16.5 Å². The van der Waals surface area contributed by atoms with Crippen LogP contribution in [0.25, 0.3) is 10.9 Å². The second-order valence-corrected chi connectivity index (χ2v) is 7.87. The lowest BCUT2D eigenvalue weighted by molar-refractivity contribution is 0.146. The third-order valence-corrected chi connectivity index (χ3v) is 5.82. The molecule has 0 amide bonds. The number of anilines is 1. The molecule has 0 spiro atoms. The molecule has 0 radical (unpaired) electrons. The van der Waals surface area contributed by atoms with Gasteiger partial charge in [0.2, 0.25) is 0 Å². The van der Waals surface area contributed by atoms with E-state index in [1.807, 2.05) is 6.92 Å². The molecule has 3 aromatic rings. The SMILES string of the molecule is CC1(n2cc3c(NCc4cccc(C(F)F)c4F)ncnc3c(Br)c2=O)CC1. The van der Waals surface area contributed by atoms with Crippen molar-refractivity contribution in [3.63, 3.8) is 0 Å². The predicted octanol–water partition coefficient (Wildman–Crippen LogP) is 4.75. The molecule has 5 nitrogen and oxygen atoms in total. The van der Waals surface area contributed by atoms with E-state index in [0.29, 0.717) is 21.2 Å². The van der Waals surface area contributed by atoms with Gasteiger partial charge in [-0.2, -0.15) is 0 Å². The standard InChI is InChI=1S/C19H16BrF3N4O/c1-19(5-6-19)27-8-12-15(13(20)18(27)28)25-9-26-17(12)24-7-10-3-2-4-11(14(10)21)16(22)23/h2-4,8-9,16H,5-7H2,1H3,(H,24,25,26). The molecule has 1 aromatic carbocycles. The number of fused-ring (bicyclic) bond motifs is 1. The number of halogens is 4. The van der Waals surface area contributed by atoms with E-state index in [9.17, 15) is 18.0 Å². The van der Waals surface area contributed by atoms with Crippen molar-refractivity contribution in [2.45, 2.75) is 38.3 Å². The first-order valence-corrected chi connectivity index (χ1v) is 9.47. The summed E-state index contributed by atoms with van der Waals surface area (Å²) in [5.74, 6) is -0.544. The lowest BCUT2D eigenvalue weighted by Gasteiger charge is -2.16. The molecule has 0 aliphatic heterocycles. The first-order valence-electron chi connectivity index (χ1n) is 8.67. The van der Waals surface area contributed by atoms with Gasteiger partial charge in [0.1, 0.15) is 22.4 Å². The van der Waals surface area contributed by atoms with Crippen molar-refractivity contribution in [1.29, 1.82) is 0 Å². The number of benzene rings is 1. The number of hydrogen-bond donors (Lipinski definition) is 1. The van der Waals surface area contributed by atoms with Crippen LogP contribution >= 0.6 is 15.9 Å². The highest BCUT2D eigenvalue weighted by Crippen LogP contribution is 2.42. The van der Waals surface area contributed by atoms with Crippen LogP contribution in [0.5, 0.6) is 0 Å². The zero-order valence-electron chi connectivity index (χ0n) is 14.8. The maximum Gasteiger partial charge on any atom is 0.267 e. The average molecular weight is 453 g/mol. The number of alkyl halides is 2. The lowest BCUT2D eigenvalue weighted by atomic mass is 10.1. The van der Waals surface area contributed by atoms with Crippen LogP contribution in [-0.2, 0) is 12.1 Å². The van der Waals surface area contributed by atoms with E-state index in [1.54, 1.807) is 10.8 Å². The minimum Gasteiger partial charge on any atom is -0.365 e. The fourth-order valence-corrected chi connectivity index (χ4v) is 3.64. The van der Waals surface area contributed by atoms with Gasteiger partial charge >= 0.3 is 0 Å². The van der Waals surface area contributed by atoms with Crippen LogP contribution in [-0.4, -0.2) is 14.5 Å². The minimum absolute atomic E-state index is 0.0352. The van der Waals surface area contributed by atoms with E-state index < -0.39 is 17.8 Å². The van der Waals surface area contributed by atoms with Crippen LogP contribution in [0.2, 0.25) is 0 Å².